The zero-order chi connectivity index (χ0) is 22.9. The van der Waals surface area contributed by atoms with Crippen LogP contribution in [0.25, 0.3) is 0 Å². The van der Waals surface area contributed by atoms with Crippen LogP contribution in [-0.2, 0) is 15.1 Å². The second-order valence-corrected chi connectivity index (χ2v) is 7.81. The Morgan fingerprint density at radius 3 is 2.53 bits per heavy atom. The number of benzene rings is 2. The maximum atomic E-state index is 13.1. The third-order valence-electron chi connectivity index (χ3n) is 5.49. The van der Waals surface area contributed by atoms with E-state index in [1.54, 1.807) is 49.4 Å². The second-order valence-electron chi connectivity index (χ2n) is 7.81. The van der Waals surface area contributed by atoms with Crippen molar-refractivity contribution in [2.24, 2.45) is 0 Å². The molecule has 0 aliphatic carbocycles. The molecule has 32 heavy (non-hydrogen) atoms. The van der Waals surface area contributed by atoms with E-state index in [4.69, 9.17) is 9.47 Å². The molecule has 0 saturated carbocycles. The summed E-state index contributed by atoms with van der Waals surface area (Å²) in [5.74, 6) is 0.0312. The van der Waals surface area contributed by atoms with E-state index in [1.807, 2.05) is 6.92 Å². The number of rotatable bonds is 7. The third kappa shape index (κ3) is 3.89. The Kier molecular flexibility index (Phi) is 5.56. The molecule has 2 N–H and O–H groups in total. The number of Topliss-reactive ketones (excluding diaryl/α,β-unsaturated/α-hetero) is 1. The minimum Gasteiger partial charge on any atom is -0.454 e. The minimum atomic E-state index is -1.33. The van der Waals surface area contributed by atoms with E-state index in [0.717, 1.165) is 11.3 Å². The highest BCUT2D eigenvalue weighted by molar-refractivity contribution is 6.11. The number of anilines is 1. The van der Waals surface area contributed by atoms with Gasteiger partial charge < -0.3 is 20.1 Å². The molecule has 4 amide bonds. The molecule has 1 atom stereocenters. The molecule has 166 valence electrons. The van der Waals surface area contributed by atoms with Crippen LogP contribution >= 0.6 is 0 Å². The van der Waals surface area contributed by atoms with Crippen LogP contribution in [0.5, 0.6) is 11.5 Å². The van der Waals surface area contributed by atoms with E-state index in [2.05, 4.69) is 10.6 Å². The summed E-state index contributed by atoms with van der Waals surface area (Å²) in [7, 11) is 0. The van der Waals surface area contributed by atoms with Crippen LogP contribution in [0.3, 0.4) is 0 Å². The van der Waals surface area contributed by atoms with Gasteiger partial charge in [0.15, 0.2) is 17.3 Å². The Hall–Kier alpha value is -3.88. The molecule has 2 aliphatic heterocycles. The maximum absolute atomic E-state index is 13.1. The van der Waals surface area contributed by atoms with Gasteiger partial charge in [0.25, 0.3) is 5.91 Å². The van der Waals surface area contributed by atoms with Gasteiger partial charge in [-0.3, -0.25) is 19.3 Å². The van der Waals surface area contributed by atoms with Crippen LogP contribution < -0.4 is 20.1 Å². The molecule has 1 fully saturated rings. The first kappa shape index (κ1) is 21.4. The van der Waals surface area contributed by atoms with Gasteiger partial charge in [0.1, 0.15) is 5.54 Å². The number of carbonyl (C=O) groups excluding carboxylic acids is 4. The molecule has 2 heterocycles. The molecule has 2 aromatic carbocycles. The van der Waals surface area contributed by atoms with Crippen LogP contribution in [0.15, 0.2) is 42.5 Å². The lowest BCUT2D eigenvalue weighted by molar-refractivity contribution is -0.130. The van der Waals surface area contributed by atoms with Crippen molar-refractivity contribution in [3.8, 4) is 11.5 Å². The Morgan fingerprint density at radius 2 is 1.81 bits per heavy atom. The fourth-order valence-corrected chi connectivity index (χ4v) is 3.67. The highest BCUT2D eigenvalue weighted by atomic mass is 16.7. The molecule has 0 bridgehead atoms. The van der Waals surface area contributed by atoms with E-state index < -0.39 is 29.8 Å². The van der Waals surface area contributed by atoms with E-state index in [1.165, 1.54) is 0 Å². The number of urea groups is 1. The number of amides is 4. The number of fused-ring (bicyclic) bond motifs is 1. The van der Waals surface area contributed by atoms with E-state index >= 15 is 0 Å². The molecule has 9 heteroatoms. The highest BCUT2D eigenvalue weighted by Crippen LogP contribution is 2.37. The van der Waals surface area contributed by atoms with Crippen LogP contribution in [0.1, 0.15) is 42.6 Å². The largest absolute Gasteiger partial charge is 0.454 e. The summed E-state index contributed by atoms with van der Waals surface area (Å²) >= 11 is 0. The molecule has 2 aromatic rings. The lowest BCUT2D eigenvalue weighted by atomic mass is 9.91. The van der Waals surface area contributed by atoms with Gasteiger partial charge in [-0.2, -0.15) is 0 Å². The Labute approximate surface area is 184 Å². The number of nitrogens with zero attached hydrogens (tertiary/aromatic N) is 1. The third-order valence-corrected chi connectivity index (χ3v) is 5.49. The van der Waals surface area contributed by atoms with E-state index in [-0.39, 0.29) is 12.7 Å². The van der Waals surface area contributed by atoms with Crippen molar-refractivity contribution in [3.63, 3.8) is 0 Å². The van der Waals surface area contributed by atoms with Crippen molar-refractivity contribution in [2.45, 2.75) is 32.2 Å². The van der Waals surface area contributed by atoms with Gasteiger partial charge in [0.05, 0.1) is 6.54 Å². The minimum absolute atomic E-state index is 0.0947. The zero-order valence-corrected chi connectivity index (χ0v) is 17.8. The van der Waals surface area contributed by atoms with Crippen molar-refractivity contribution in [1.29, 1.82) is 0 Å². The van der Waals surface area contributed by atoms with E-state index in [0.29, 0.717) is 34.7 Å². The topological polar surface area (TPSA) is 114 Å². The number of nitrogens with one attached hydrogen (secondary N) is 2. The number of carbonyl (C=O) groups is 4. The van der Waals surface area contributed by atoms with Gasteiger partial charge in [0, 0.05) is 17.7 Å². The van der Waals surface area contributed by atoms with Crippen molar-refractivity contribution in [1.82, 2.24) is 10.2 Å². The summed E-state index contributed by atoms with van der Waals surface area (Å²) in [5.41, 5.74) is 0.106. The lowest BCUT2D eigenvalue weighted by Crippen LogP contribution is -2.41. The molecule has 0 radical (unpaired) electrons. The molecule has 9 nitrogen and oxygen atoms in total. The van der Waals surface area contributed by atoms with Crippen LogP contribution in [0.2, 0.25) is 0 Å². The van der Waals surface area contributed by atoms with E-state index in [9.17, 15) is 19.2 Å². The molecule has 0 unspecified atom stereocenters. The molecular formula is C23H23N3O6. The second kappa shape index (κ2) is 8.33. The standard InChI is InChI=1S/C23H23N3O6/c1-3-4-20(28)24-16-8-5-14(6-9-16)17(27)12-26-21(29)23(2,25-22(26)30)15-7-10-18-19(11-15)32-13-31-18/h5-11H,3-4,12-13H2,1-2H3,(H,24,28)(H,25,30)/t23-/m1/s1. The molecule has 0 aromatic heterocycles. The first-order valence-electron chi connectivity index (χ1n) is 10.3. The molecular weight excluding hydrogens is 414 g/mol. The number of imide groups is 1. The molecule has 2 aliphatic rings. The van der Waals surface area contributed by atoms with Crippen molar-refractivity contribution >= 4 is 29.3 Å². The Balaban J connectivity index is 1.46. The normalized spacial score (nSPS) is 19.1. The maximum Gasteiger partial charge on any atom is 0.325 e. The summed E-state index contributed by atoms with van der Waals surface area (Å²) in [6.45, 7) is 3.20. The van der Waals surface area contributed by atoms with Crippen molar-refractivity contribution in [3.05, 3.63) is 53.6 Å². The SMILES string of the molecule is CCCC(=O)Nc1ccc(C(=O)CN2C(=O)N[C@](C)(c3ccc4c(c3)OCO4)C2=O)cc1. The number of ketones is 1. The monoisotopic (exact) mass is 437 g/mol. The number of hydrogen-bond acceptors (Lipinski definition) is 6. The van der Waals surface area contributed by atoms with Gasteiger partial charge in [-0.1, -0.05) is 13.0 Å². The fourth-order valence-electron chi connectivity index (χ4n) is 3.67. The lowest BCUT2D eigenvalue weighted by Gasteiger charge is -2.22. The highest BCUT2D eigenvalue weighted by Gasteiger charge is 2.49. The Morgan fingerprint density at radius 1 is 1.09 bits per heavy atom. The zero-order valence-electron chi connectivity index (χ0n) is 17.8. The molecule has 4 rings (SSSR count). The van der Waals surface area contributed by atoms with Gasteiger partial charge in [-0.05, 0) is 55.3 Å². The first-order valence-corrected chi connectivity index (χ1v) is 10.3. The fraction of sp³-hybridized carbons (Fsp3) is 0.304. The average Bonchev–Trinajstić information content (AvgIpc) is 3.32. The molecule has 1 saturated heterocycles. The quantitative estimate of drug-likeness (QED) is 0.509. The van der Waals surface area contributed by atoms with Gasteiger partial charge in [0.2, 0.25) is 12.7 Å². The van der Waals surface area contributed by atoms with Crippen LogP contribution in [-0.4, -0.2) is 41.9 Å². The summed E-state index contributed by atoms with van der Waals surface area (Å²) in [6, 6.07) is 10.7. The van der Waals surface area contributed by atoms with Crippen LogP contribution in [0, 0.1) is 0 Å². The van der Waals surface area contributed by atoms with Crippen LogP contribution in [0.4, 0.5) is 10.5 Å². The number of ether oxygens (including phenoxy) is 2. The number of hydrogen-bond donors (Lipinski definition) is 2. The molecule has 0 spiro atoms. The summed E-state index contributed by atoms with van der Waals surface area (Å²) in [6.07, 6.45) is 1.15. The van der Waals surface area contributed by atoms with Gasteiger partial charge in [-0.25, -0.2) is 4.79 Å². The first-order chi connectivity index (χ1) is 15.3. The van der Waals surface area contributed by atoms with Gasteiger partial charge in [-0.15, -0.1) is 0 Å². The summed E-state index contributed by atoms with van der Waals surface area (Å²) in [5, 5.41) is 5.42. The van der Waals surface area contributed by atoms with Crippen molar-refractivity contribution in [2.75, 3.05) is 18.7 Å². The Bertz CT molecular complexity index is 1100. The predicted molar refractivity (Wildman–Crippen MR) is 114 cm³/mol. The average molecular weight is 437 g/mol. The van der Waals surface area contributed by atoms with Gasteiger partial charge >= 0.3 is 6.03 Å². The smallest absolute Gasteiger partial charge is 0.325 e. The predicted octanol–water partition coefficient (Wildman–Crippen LogP) is 2.80. The summed E-state index contributed by atoms with van der Waals surface area (Å²) < 4.78 is 10.7. The summed E-state index contributed by atoms with van der Waals surface area (Å²) in [4.78, 5) is 51.0. The van der Waals surface area contributed by atoms with Crippen molar-refractivity contribution < 1.29 is 28.7 Å².